The van der Waals surface area contributed by atoms with Crippen LogP contribution in [-0.2, 0) is 4.74 Å². The van der Waals surface area contributed by atoms with Crippen molar-refractivity contribution in [1.82, 2.24) is 20.0 Å². The maximum absolute atomic E-state index is 12.5. The van der Waals surface area contributed by atoms with Gasteiger partial charge in [0.25, 0.3) is 5.91 Å². The van der Waals surface area contributed by atoms with Crippen LogP contribution >= 0.6 is 0 Å². The highest BCUT2D eigenvalue weighted by atomic mass is 16.5. The molecule has 3 heterocycles. The average Bonchev–Trinajstić information content (AvgIpc) is 3.04. The monoisotopic (exact) mass is 306 g/mol. The molecule has 0 bridgehead atoms. The van der Waals surface area contributed by atoms with Gasteiger partial charge in [-0.2, -0.15) is 5.10 Å². The van der Waals surface area contributed by atoms with Crippen molar-refractivity contribution in [2.75, 3.05) is 32.8 Å². The van der Waals surface area contributed by atoms with Crippen LogP contribution in [0.2, 0.25) is 0 Å². The Morgan fingerprint density at radius 1 is 1.32 bits per heavy atom. The molecule has 2 saturated heterocycles. The van der Waals surface area contributed by atoms with Crippen LogP contribution in [0.4, 0.5) is 0 Å². The van der Waals surface area contributed by atoms with Crippen molar-refractivity contribution in [1.29, 1.82) is 0 Å². The average molecular weight is 306 g/mol. The Morgan fingerprint density at radius 2 is 2.09 bits per heavy atom. The molecule has 0 spiro atoms. The van der Waals surface area contributed by atoms with Gasteiger partial charge in [-0.15, -0.1) is 0 Å². The van der Waals surface area contributed by atoms with Gasteiger partial charge >= 0.3 is 0 Å². The number of carbonyl (C=O) groups excluding carboxylic acids is 1. The predicted octanol–water partition coefficient (Wildman–Crippen LogP) is 1.82. The molecule has 22 heavy (non-hydrogen) atoms. The number of nitrogens with one attached hydrogen (secondary N) is 1. The Balaban J connectivity index is 1.73. The lowest BCUT2D eigenvalue weighted by molar-refractivity contribution is 0.0299. The largest absolute Gasteiger partial charge is 0.378 e. The number of rotatable bonds is 3. The third-order valence-electron chi connectivity index (χ3n) is 4.68. The van der Waals surface area contributed by atoms with Crippen molar-refractivity contribution < 1.29 is 9.53 Å². The highest BCUT2D eigenvalue weighted by molar-refractivity contribution is 5.92. The van der Waals surface area contributed by atoms with E-state index < -0.39 is 0 Å². The summed E-state index contributed by atoms with van der Waals surface area (Å²) in [5.41, 5.74) is 1.61. The summed E-state index contributed by atoms with van der Waals surface area (Å²) in [5, 5.41) is 7.39. The molecule has 0 saturated carbocycles. The number of morpholine rings is 1. The summed E-state index contributed by atoms with van der Waals surface area (Å²) in [6.07, 6.45) is 3.62. The molecule has 3 rings (SSSR count). The number of nitrogens with zero attached hydrogens (tertiary/aromatic N) is 3. The number of amides is 1. The molecule has 0 aliphatic carbocycles. The van der Waals surface area contributed by atoms with E-state index in [4.69, 9.17) is 4.74 Å². The van der Waals surface area contributed by atoms with Gasteiger partial charge in [0.1, 0.15) is 5.69 Å². The number of piperidine rings is 1. The molecule has 2 fully saturated rings. The minimum Gasteiger partial charge on any atom is -0.378 e. The van der Waals surface area contributed by atoms with Crippen LogP contribution in [0.25, 0.3) is 0 Å². The van der Waals surface area contributed by atoms with Crippen molar-refractivity contribution in [3.63, 3.8) is 0 Å². The van der Waals surface area contributed by atoms with E-state index in [-0.39, 0.29) is 5.91 Å². The lowest BCUT2D eigenvalue weighted by Crippen LogP contribution is -2.40. The molecule has 6 nitrogen and oxygen atoms in total. The van der Waals surface area contributed by atoms with E-state index in [2.05, 4.69) is 28.9 Å². The van der Waals surface area contributed by atoms with Gasteiger partial charge < -0.3 is 9.64 Å². The smallest absolute Gasteiger partial charge is 0.274 e. The Bertz CT molecular complexity index is 508. The number of H-pyrrole nitrogens is 1. The second-order valence-corrected chi connectivity index (χ2v) is 6.46. The van der Waals surface area contributed by atoms with Crippen LogP contribution in [-0.4, -0.2) is 64.8 Å². The third kappa shape index (κ3) is 3.17. The maximum atomic E-state index is 12.5. The van der Waals surface area contributed by atoms with Gasteiger partial charge in [-0.25, -0.2) is 0 Å². The van der Waals surface area contributed by atoms with Crippen LogP contribution in [0.15, 0.2) is 6.07 Å². The second-order valence-electron chi connectivity index (χ2n) is 6.46. The van der Waals surface area contributed by atoms with Gasteiger partial charge in [0, 0.05) is 19.1 Å². The Morgan fingerprint density at radius 3 is 2.82 bits per heavy atom. The lowest BCUT2D eigenvalue weighted by Gasteiger charge is -2.37. The number of aromatic nitrogens is 2. The first kappa shape index (κ1) is 15.5. The van der Waals surface area contributed by atoms with E-state index in [1.165, 1.54) is 12.8 Å². The van der Waals surface area contributed by atoms with Gasteiger partial charge in [-0.05, 0) is 39.3 Å². The van der Waals surface area contributed by atoms with Crippen molar-refractivity contribution in [2.45, 2.75) is 45.2 Å². The minimum absolute atomic E-state index is 0.0118. The topological polar surface area (TPSA) is 61.5 Å². The van der Waals surface area contributed by atoms with Gasteiger partial charge in [0.15, 0.2) is 0 Å². The quantitative estimate of drug-likeness (QED) is 0.925. The summed E-state index contributed by atoms with van der Waals surface area (Å²) in [7, 11) is 0. The summed E-state index contributed by atoms with van der Waals surface area (Å²) in [4.78, 5) is 16.8. The maximum Gasteiger partial charge on any atom is 0.274 e. The zero-order valence-electron chi connectivity index (χ0n) is 13.5. The lowest BCUT2D eigenvalue weighted by atomic mass is 9.97. The summed E-state index contributed by atoms with van der Waals surface area (Å²) in [6, 6.07) is 2.81. The van der Waals surface area contributed by atoms with Gasteiger partial charge in [0.05, 0.1) is 24.9 Å². The summed E-state index contributed by atoms with van der Waals surface area (Å²) < 4.78 is 5.30. The van der Waals surface area contributed by atoms with Gasteiger partial charge in [0.2, 0.25) is 0 Å². The van der Waals surface area contributed by atoms with Gasteiger partial charge in [-0.1, -0.05) is 6.42 Å². The molecule has 1 amide bonds. The van der Waals surface area contributed by atoms with E-state index in [0.717, 1.165) is 18.7 Å². The number of hydrogen-bond donors (Lipinski definition) is 1. The summed E-state index contributed by atoms with van der Waals surface area (Å²) in [6.45, 7) is 8.13. The number of ether oxygens (including phenoxy) is 1. The van der Waals surface area contributed by atoms with E-state index in [1.807, 2.05) is 11.0 Å². The van der Waals surface area contributed by atoms with Crippen LogP contribution < -0.4 is 0 Å². The van der Waals surface area contributed by atoms with Crippen molar-refractivity contribution in [2.24, 2.45) is 0 Å². The molecule has 0 radical (unpaired) electrons. The van der Waals surface area contributed by atoms with Crippen LogP contribution in [0.5, 0.6) is 0 Å². The van der Waals surface area contributed by atoms with E-state index in [9.17, 15) is 4.79 Å². The number of hydrogen-bond acceptors (Lipinski definition) is 4. The number of likely N-dealkylation sites (tertiary alicyclic amines) is 1. The number of carbonyl (C=O) groups is 1. The molecule has 6 heteroatoms. The van der Waals surface area contributed by atoms with Crippen LogP contribution in [0.1, 0.15) is 55.3 Å². The zero-order valence-corrected chi connectivity index (χ0v) is 13.5. The molecule has 1 unspecified atom stereocenters. The first-order valence-corrected chi connectivity index (χ1v) is 8.35. The first-order valence-electron chi connectivity index (χ1n) is 8.35. The molecule has 1 aromatic heterocycles. The van der Waals surface area contributed by atoms with Gasteiger partial charge in [-0.3, -0.25) is 14.8 Å². The molecule has 1 aromatic rings. The van der Waals surface area contributed by atoms with Crippen molar-refractivity contribution in [3.05, 3.63) is 17.5 Å². The summed E-state index contributed by atoms with van der Waals surface area (Å²) >= 11 is 0. The second kappa shape index (κ2) is 6.79. The zero-order chi connectivity index (χ0) is 15.5. The number of aromatic amines is 1. The Hall–Kier alpha value is -1.40. The molecule has 1 atom stereocenters. The molecule has 2 aliphatic rings. The highest BCUT2D eigenvalue weighted by Crippen LogP contribution is 2.31. The predicted molar refractivity (Wildman–Crippen MR) is 83.7 cm³/mol. The Labute approximate surface area is 131 Å². The van der Waals surface area contributed by atoms with E-state index in [1.54, 1.807) is 0 Å². The van der Waals surface area contributed by atoms with E-state index in [0.29, 0.717) is 44.1 Å². The molecular weight excluding hydrogens is 280 g/mol. The molecule has 1 N–H and O–H groups in total. The third-order valence-corrected chi connectivity index (χ3v) is 4.68. The van der Waals surface area contributed by atoms with Crippen molar-refractivity contribution in [3.8, 4) is 0 Å². The Kier molecular flexibility index (Phi) is 4.78. The fourth-order valence-corrected chi connectivity index (χ4v) is 3.45. The molecule has 122 valence electrons. The molecule has 0 aromatic carbocycles. The SMILES string of the molecule is CC(C)N1CCCCC1c1cc(C(=O)N2CCOCC2)n[nH]1. The van der Waals surface area contributed by atoms with E-state index >= 15 is 0 Å². The highest BCUT2D eigenvalue weighted by Gasteiger charge is 2.29. The molecule has 2 aliphatic heterocycles. The standard InChI is InChI=1S/C16H26N4O2/c1-12(2)20-6-4-3-5-15(20)13-11-14(18-17-13)16(21)19-7-9-22-10-8-19/h11-12,15H,3-10H2,1-2H3,(H,17,18). The van der Waals surface area contributed by atoms with Crippen LogP contribution in [0.3, 0.4) is 0 Å². The fourth-order valence-electron chi connectivity index (χ4n) is 3.45. The summed E-state index contributed by atoms with van der Waals surface area (Å²) in [5.74, 6) is 0.0118. The minimum atomic E-state index is 0.0118. The van der Waals surface area contributed by atoms with Crippen LogP contribution in [0, 0.1) is 0 Å². The fraction of sp³-hybridized carbons (Fsp3) is 0.750. The molecular formula is C16H26N4O2. The first-order chi connectivity index (χ1) is 10.7. The normalized spacial score (nSPS) is 24.0. The van der Waals surface area contributed by atoms with Crippen molar-refractivity contribution >= 4 is 5.91 Å².